The van der Waals surface area contributed by atoms with Gasteiger partial charge in [-0.15, -0.1) is 0 Å². The van der Waals surface area contributed by atoms with Crippen molar-refractivity contribution in [3.05, 3.63) is 23.7 Å². The lowest BCUT2D eigenvalue weighted by molar-refractivity contribution is -0.125. The summed E-state index contributed by atoms with van der Waals surface area (Å²) < 4.78 is 31.9. The van der Waals surface area contributed by atoms with Crippen molar-refractivity contribution in [2.75, 3.05) is 32.4 Å². The Kier molecular flexibility index (Phi) is 6.04. The van der Waals surface area contributed by atoms with E-state index in [-0.39, 0.29) is 17.9 Å². The fourth-order valence-electron chi connectivity index (χ4n) is 4.15. The van der Waals surface area contributed by atoms with E-state index in [1.54, 1.807) is 4.31 Å². The molecule has 0 spiro atoms. The third-order valence-corrected chi connectivity index (χ3v) is 6.67. The smallest absolute Gasteiger partial charge is 0.224 e. The van der Waals surface area contributed by atoms with Crippen LogP contribution >= 0.6 is 0 Å². The number of carbonyl (C=O) groups excluding carboxylic acids is 1. The minimum Gasteiger partial charge on any atom is -0.465 e. The molecule has 1 saturated heterocycles. The van der Waals surface area contributed by atoms with Crippen LogP contribution in [0.15, 0.2) is 16.5 Å². The lowest BCUT2D eigenvalue weighted by Crippen LogP contribution is -2.47. The number of nitrogens with one attached hydrogen (secondary N) is 1. The van der Waals surface area contributed by atoms with Gasteiger partial charge in [0, 0.05) is 25.7 Å². The van der Waals surface area contributed by atoms with Gasteiger partial charge in [-0.2, -0.15) is 4.31 Å². The third kappa shape index (κ3) is 4.66. The Bertz CT molecular complexity index is 731. The summed E-state index contributed by atoms with van der Waals surface area (Å²) in [6.07, 6.45) is 4.42. The zero-order valence-electron chi connectivity index (χ0n) is 15.6. The molecule has 0 bridgehead atoms. The Morgan fingerprint density at radius 3 is 2.69 bits per heavy atom. The predicted octanol–water partition coefficient (Wildman–Crippen LogP) is 1.34. The molecule has 2 fully saturated rings. The van der Waals surface area contributed by atoms with E-state index in [4.69, 9.17) is 4.42 Å². The molecule has 2 heterocycles. The lowest BCUT2D eigenvalue weighted by Gasteiger charge is -2.30. The number of rotatable bonds is 3. The van der Waals surface area contributed by atoms with Gasteiger partial charge in [0.2, 0.25) is 15.9 Å². The molecule has 2 atom stereocenters. The van der Waals surface area contributed by atoms with Gasteiger partial charge in [-0.1, -0.05) is 6.42 Å². The van der Waals surface area contributed by atoms with E-state index >= 15 is 0 Å². The molecule has 1 aromatic heterocycles. The molecule has 0 aromatic carbocycles. The van der Waals surface area contributed by atoms with E-state index in [0.717, 1.165) is 50.3 Å². The van der Waals surface area contributed by atoms with Crippen molar-refractivity contribution < 1.29 is 17.6 Å². The van der Waals surface area contributed by atoms with E-state index in [1.807, 2.05) is 19.1 Å². The van der Waals surface area contributed by atoms with E-state index < -0.39 is 10.0 Å². The SMILES string of the molecule is Cc1ccc(CN2CCCN(S(C)(=O)=O)[C@H]3CCC[C@H]3C(=O)NCC2)o1. The molecule has 2 aliphatic rings. The molecule has 26 heavy (non-hydrogen) atoms. The van der Waals surface area contributed by atoms with Crippen molar-refractivity contribution in [2.24, 2.45) is 5.92 Å². The van der Waals surface area contributed by atoms with Gasteiger partial charge in [0.15, 0.2) is 0 Å². The molecule has 3 rings (SSSR count). The molecule has 1 N–H and O–H groups in total. The van der Waals surface area contributed by atoms with Crippen LogP contribution in [0.2, 0.25) is 0 Å². The summed E-state index contributed by atoms with van der Waals surface area (Å²) in [5, 5.41) is 3.01. The fraction of sp³-hybridized carbons (Fsp3) is 0.722. The number of sulfonamides is 1. The van der Waals surface area contributed by atoms with Crippen molar-refractivity contribution >= 4 is 15.9 Å². The Morgan fingerprint density at radius 2 is 2.00 bits per heavy atom. The first kappa shape index (κ1) is 19.4. The fourth-order valence-corrected chi connectivity index (χ4v) is 5.35. The van der Waals surface area contributed by atoms with Gasteiger partial charge in [-0.25, -0.2) is 8.42 Å². The van der Waals surface area contributed by atoms with Crippen LogP contribution < -0.4 is 5.32 Å². The predicted molar refractivity (Wildman–Crippen MR) is 99.0 cm³/mol. The average Bonchev–Trinajstić information content (AvgIpc) is 3.18. The second-order valence-corrected chi connectivity index (χ2v) is 9.35. The number of fused-ring (bicyclic) bond motifs is 1. The zero-order chi connectivity index (χ0) is 18.7. The van der Waals surface area contributed by atoms with Crippen molar-refractivity contribution in [2.45, 2.75) is 45.2 Å². The molecule has 1 aliphatic carbocycles. The molecule has 7 nitrogen and oxygen atoms in total. The Balaban J connectivity index is 1.74. The highest BCUT2D eigenvalue weighted by atomic mass is 32.2. The molecular weight excluding hydrogens is 354 g/mol. The van der Waals surface area contributed by atoms with Gasteiger partial charge in [0.25, 0.3) is 0 Å². The van der Waals surface area contributed by atoms with Crippen LogP contribution in [-0.4, -0.2) is 62.0 Å². The standard InChI is InChI=1S/C18H29N3O4S/c1-14-7-8-15(25-14)13-20-10-4-11-21(26(2,23)24)17-6-3-5-16(17)18(22)19-9-12-20/h7-8,16-17H,3-6,9-13H2,1-2H3,(H,19,22)/t16-,17+/m1/s1. The van der Waals surface area contributed by atoms with Crippen molar-refractivity contribution in [3.8, 4) is 0 Å². The largest absolute Gasteiger partial charge is 0.465 e. The molecule has 1 amide bonds. The average molecular weight is 384 g/mol. The number of nitrogens with zero attached hydrogens (tertiary/aromatic N) is 2. The second kappa shape index (κ2) is 8.10. The maximum Gasteiger partial charge on any atom is 0.224 e. The van der Waals surface area contributed by atoms with E-state index in [9.17, 15) is 13.2 Å². The number of hydrogen-bond donors (Lipinski definition) is 1. The normalized spacial score (nSPS) is 26.9. The topological polar surface area (TPSA) is 82.9 Å². The highest BCUT2D eigenvalue weighted by Gasteiger charge is 2.40. The summed E-state index contributed by atoms with van der Waals surface area (Å²) in [6.45, 7) is 5.09. The third-order valence-electron chi connectivity index (χ3n) is 5.37. The van der Waals surface area contributed by atoms with Crippen LogP contribution in [0, 0.1) is 12.8 Å². The Morgan fingerprint density at radius 1 is 1.19 bits per heavy atom. The number of furan rings is 1. The van der Waals surface area contributed by atoms with Gasteiger partial charge < -0.3 is 9.73 Å². The summed E-state index contributed by atoms with van der Waals surface area (Å²) in [7, 11) is -3.34. The number of carbonyl (C=O) groups is 1. The summed E-state index contributed by atoms with van der Waals surface area (Å²) in [5.74, 6) is 1.52. The monoisotopic (exact) mass is 383 g/mol. The summed E-state index contributed by atoms with van der Waals surface area (Å²) in [5.41, 5.74) is 0. The van der Waals surface area contributed by atoms with Crippen LogP contribution in [0.3, 0.4) is 0 Å². The van der Waals surface area contributed by atoms with E-state index in [1.165, 1.54) is 6.26 Å². The van der Waals surface area contributed by atoms with Gasteiger partial charge in [-0.05, 0) is 44.9 Å². The minimum absolute atomic E-state index is 0.0168. The molecule has 8 heteroatoms. The number of hydrogen-bond acceptors (Lipinski definition) is 5. The second-order valence-electron chi connectivity index (χ2n) is 7.41. The van der Waals surface area contributed by atoms with E-state index in [2.05, 4.69) is 10.2 Å². The molecule has 1 saturated carbocycles. The summed E-state index contributed by atoms with van der Waals surface area (Å²) in [4.78, 5) is 14.8. The molecular formula is C18H29N3O4S. The summed E-state index contributed by atoms with van der Waals surface area (Å²) >= 11 is 0. The van der Waals surface area contributed by atoms with Crippen LogP contribution in [0.5, 0.6) is 0 Å². The molecule has 0 unspecified atom stereocenters. The molecule has 0 radical (unpaired) electrons. The van der Waals surface area contributed by atoms with Gasteiger partial charge >= 0.3 is 0 Å². The molecule has 1 aromatic rings. The quantitative estimate of drug-likeness (QED) is 0.852. The Labute approximate surface area is 155 Å². The Hall–Kier alpha value is -1.38. The van der Waals surface area contributed by atoms with Gasteiger partial charge in [0.1, 0.15) is 11.5 Å². The number of aryl methyl sites for hydroxylation is 1. The van der Waals surface area contributed by atoms with E-state index in [0.29, 0.717) is 19.6 Å². The van der Waals surface area contributed by atoms with Crippen molar-refractivity contribution in [3.63, 3.8) is 0 Å². The maximum atomic E-state index is 12.6. The maximum absolute atomic E-state index is 12.6. The highest BCUT2D eigenvalue weighted by Crippen LogP contribution is 2.32. The zero-order valence-corrected chi connectivity index (χ0v) is 16.4. The lowest BCUT2D eigenvalue weighted by atomic mass is 10.0. The van der Waals surface area contributed by atoms with Crippen molar-refractivity contribution in [1.82, 2.24) is 14.5 Å². The van der Waals surface area contributed by atoms with Crippen LogP contribution in [-0.2, 0) is 21.4 Å². The first-order valence-corrected chi connectivity index (χ1v) is 11.2. The summed E-state index contributed by atoms with van der Waals surface area (Å²) in [6, 6.07) is 3.70. The van der Waals surface area contributed by atoms with Crippen LogP contribution in [0.1, 0.15) is 37.2 Å². The van der Waals surface area contributed by atoms with Crippen molar-refractivity contribution in [1.29, 1.82) is 0 Å². The highest BCUT2D eigenvalue weighted by molar-refractivity contribution is 7.88. The molecule has 1 aliphatic heterocycles. The van der Waals surface area contributed by atoms with Gasteiger partial charge in [0.05, 0.1) is 18.7 Å². The van der Waals surface area contributed by atoms with Crippen LogP contribution in [0.4, 0.5) is 0 Å². The number of amides is 1. The molecule has 146 valence electrons. The minimum atomic E-state index is -3.34. The first-order valence-electron chi connectivity index (χ1n) is 9.37. The first-order chi connectivity index (χ1) is 12.3. The van der Waals surface area contributed by atoms with Gasteiger partial charge in [-0.3, -0.25) is 9.69 Å². The van der Waals surface area contributed by atoms with Crippen LogP contribution in [0.25, 0.3) is 0 Å².